The molecule has 0 radical (unpaired) electrons. The maximum absolute atomic E-state index is 5.26. The second-order valence-corrected chi connectivity index (χ2v) is 3.76. The Balaban J connectivity index is 2.14. The minimum atomic E-state index is 0.224. The molecule has 0 spiro atoms. The molecule has 0 aromatic heterocycles. The van der Waals surface area contributed by atoms with E-state index in [1.807, 2.05) is 12.1 Å². The highest BCUT2D eigenvalue weighted by Crippen LogP contribution is 2.24. The fraction of sp³-hybridized carbons (Fsp3) is 0.286. The van der Waals surface area contributed by atoms with Gasteiger partial charge in [-0.3, -0.25) is 0 Å². The molecular formula is C14H16O2. The molecular weight excluding hydrogens is 200 g/mol. The highest BCUT2D eigenvalue weighted by atomic mass is 16.5. The minimum Gasteiger partial charge on any atom is -0.497 e. The number of ether oxygens (including phenoxy) is 2. The van der Waals surface area contributed by atoms with E-state index in [1.165, 1.54) is 11.1 Å². The molecule has 1 aromatic rings. The summed E-state index contributed by atoms with van der Waals surface area (Å²) < 4.78 is 10.4. The molecule has 2 nitrogen and oxygen atoms in total. The van der Waals surface area contributed by atoms with Crippen LogP contribution in [0.25, 0.3) is 5.57 Å². The Hall–Kier alpha value is -1.54. The molecule has 0 N–H and O–H groups in total. The van der Waals surface area contributed by atoms with Crippen molar-refractivity contribution in [1.29, 1.82) is 0 Å². The van der Waals surface area contributed by atoms with E-state index in [0.717, 1.165) is 12.2 Å². The third-order valence-electron chi connectivity index (χ3n) is 2.79. The second-order valence-electron chi connectivity index (χ2n) is 3.76. The molecule has 16 heavy (non-hydrogen) atoms. The average Bonchev–Trinajstić information content (AvgIpc) is 2.39. The van der Waals surface area contributed by atoms with E-state index in [-0.39, 0.29) is 6.10 Å². The molecule has 0 fully saturated rings. The first-order valence-corrected chi connectivity index (χ1v) is 5.39. The molecule has 0 unspecified atom stereocenters. The second kappa shape index (κ2) is 4.99. The van der Waals surface area contributed by atoms with Crippen molar-refractivity contribution in [3.8, 4) is 5.75 Å². The van der Waals surface area contributed by atoms with Gasteiger partial charge in [-0.05, 0) is 29.7 Å². The lowest BCUT2D eigenvalue weighted by Crippen LogP contribution is -2.07. The molecule has 1 aliphatic rings. The third kappa shape index (κ3) is 2.34. The lowest BCUT2D eigenvalue weighted by Gasteiger charge is -2.14. The van der Waals surface area contributed by atoms with Gasteiger partial charge >= 0.3 is 0 Å². The summed E-state index contributed by atoms with van der Waals surface area (Å²) in [6, 6.07) is 8.10. The zero-order valence-corrected chi connectivity index (χ0v) is 9.64. The molecule has 0 bridgehead atoms. The zero-order valence-electron chi connectivity index (χ0n) is 9.64. The Bertz CT molecular complexity index is 401. The summed E-state index contributed by atoms with van der Waals surface area (Å²) in [7, 11) is 3.42. The maximum atomic E-state index is 5.26. The molecule has 1 aliphatic carbocycles. The lowest BCUT2D eigenvalue weighted by molar-refractivity contribution is 0.143. The molecule has 84 valence electrons. The standard InChI is InChI=1S/C14H16O2/c1-15-13-7-3-11(4-8-13)12-5-9-14(16-2)10-6-12/h3-9,14H,10H2,1-2H3/t14-/m1/s1. The van der Waals surface area contributed by atoms with E-state index in [1.54, 1.807) is 14.2 Å². The van der Waals surface area contributed by atoms with Gasteiger partial charge < -0.3 is 9.47 Å². The predicted octanol–water partition coefficient (Wildman–Crippen LogP) is 3.05. The number of allylic oxidation sites excluding steroid dienone is 2. The Kier molecular flexibility index (Phi) is 3.42. The van der Waals surface area contributed by atoms with Crippen molar-refractivity contribution in [1.82, 2.24) is 0 Å². The Morgan fingerprint density at radius 1 is 1.12 bits per heavy atom. The van der Waals surface area contributed by atoms with Crippen LogP contribution in [-0.2, 0) is 4.74 Å². The van der Waals surface area contributed by atoms with Crippen molar-refractivity contribution in [2.75, 3.05) is 14.2 Å². The fourth-order valence-corrected chi connectivity index (χ4v) is 1.77. The summed E-state index contributed by atoms with van der Waals surface area (Å²) in [5.74, 6) is 0.888. The lowest BCUT2D eigenvalue weighted by atomic mass is 9.98. The van der Waals surface area contributed by atoms with Crippen LogP contribution in [0, 0.1) is 0 Å². The summed E-state index contributed by atoms with van der Waals surface area (Å²) in [6.07, 6.45) is 7.57. The van der Waals surface area contributed by atoms with E-state index < -0.39 is 0 Å². The summed E-state index contributed by atoms with van der Waals surface area (Å²) in [5, 5.41) is 0. The van der Waals surface area contributed by atoms with E-state index >= 15 is 0 Å². The fourth-order valence-electron chi connectivity index (χ4n) is 1.77. The van der Waals surface area contributed by atoms with Gasteiger partial charge in [0, 0.05) is 7.11 Å². The Labute approximate surface area is 96.2 Å². The van der Waals surface area contributed by atoms with Gasteiger partial charge in [0.05, 0.1) is 13.2 Å². The molecule has 2 heteroatoms. The number of hydrogen-bond acceptors (Lipinski definition) is 2. The van der Waals surface area contributed by atoms with Crippen molar-refractivity contribution in [2.45, 2.75) is 12.5 Å². The summed E-state index contributed by atoms with van der Waals surface area (Å²) >= 11 is 0. The van der Waals surface area contributed by atoms with Gasteiger partial charge in [-0.2, -0.15) is 0 Å². The van der Waals surface area contributed by atoms with Gasteiger partial charge in [-0.15, -0.1) is 0 Å². The van der Waals surface area contributed by atoms with Crippen molar-refractivity contribution < 1.29 is 9.47 Å². The number of hydrogen-bond donors (Lipinski definition) is 0. The van der Waals surface area contributed by atoms with E-state index in [0.29, 0.717) is 0 Å². The predicted molar refractivity (Wildman–Crippen MR) is 65.5 cm³/mol. The largest absolute Gasteiger partial charge is 0.497 e. The quantitative estimate of drug-likeness (QED) is 0.773. The molecule has 1 aromatic carbocycles. The number of rotatable bonds is 3. The zero-order chi connectivity index (χ0) is 11.4. The van der Waals surface area contributed by atoms with Crippen LogP contribution in [0.4, 0.5) is 0 Å². The van der Waals surface area contributed by atoms with Crippen LogP contribution in [0.15, 0.2) is 42.5 Å². The van der Waals surface area contributed by atoms with E-state index in [4.69, 9.17) is 9.47 Å². The Morgan fingerprint density at radius 3 is 2.38 bits per heavy atom. The van der Waals surface area contributed by atoms with Crippen LogP contribution in [0.2, 0.25) is 0 Å². The number of methoxy groups -OCH3 is 2. The van der Waals surface area contributed by atoms with Crippen LogP contribution >= 0.6 is 0 Å². The molecule has 0 saturated carbocycles. The van der Waals surface area contributed by atoms with Crippen molar-refractivity contribution >= 4 is 5.57 Å². The van der Waals surface area contributed by atoms with Crippen LogP contribution in [0.5, 0.6) is 5.75 Å². The van der Waals surface area contributed by atoms with Gasteiger partial charge in [0.15, 0.2) is 0 Å². The van der Waals surface area contributed by atoms with Gasteiger partial charge in [0.2, 0.25) is 0 Å². The van der Waals surface area contributed by atoms with Crippen LogP contribution < -0.4 is 4.74 Å². The first kappa shape index (κ1) is 11.0. The summed E-state index contributed by atoms with van der Waals surface area (Å²) in [4.78, 5) is 0. The Morgan fingerprint density at radius 2 is 1.88 bits per heavy atom. The number of benzene rings is 1. The topological polar surface area (TPSA) is 18.5 Å². The summed E-state index contributed by atoms with van der Waals surface area (Å²) in [6.45, 7) is 0. The average molecular weight is 216 g/mol. The molecule has 1 atom stereocenters. The molecule has 0 heterocycles. The van der Waals surface area contributed by atoms with Crippen LogP contribution in [-0.4, -0.2) is 20.3 Å². The molecule has 0 amide bonds. The first-order chi connectivity index (χ1) is 7.83. The molecule has 0 saturated heterocycles. The van der Waals surface area contributed by atoms with E-state index in [9.17, 15) is 0 Å². The smallest absolute Gasteiger partial charge is 0.118 e. The normalized spacial score (nSPS) is 19.4. The van der Waals surface area contributed by atoms with Gasteiger partial charge in [-0.1, -0.05) is 30.4 Å². The highest BCUT2D eigenvalue weighted by molar-refractivity contribution is 5.75. The highest BCUT2D eigenvalue weighted by Gasteiger charge is 2.08. The third-order valence-corrected chi connectivity index (χ3v) is 2.79. The first-order valence-electron chi connectivity index (χ1n) is 5.39. The SMILES string of the molecule is COc1ccc(C2=CC[C@H](OC)C=C2)cc1. The van der Waals surface area contributed by atoms with Gasteiger partial charge in [0.1, 0.15) is 5.75 Å². The molecule has 0 aliphatic heterocycles. The van der Waals surface area contributed by atoms with Crippen molar-refractivity contribution in [2.24, 2.45) is 0 Å². The van der Waals surface area contributed by atoms with Gasteiger partial charge in [-0.25, -0.2) is 0 Å². The van der Waals surface area contributed by atoms with Crippen molar-refractivity contribution in [3.63, 3.8) is 0 Å². The van der Waals surface area contributed by atoms with Crippen LogP contribution in [0.1, 0.15) is 12.0 Å². The minimum absolute atomic E-state index is 0.224. The van der Waals surface area contributed by atoms with Crippen LogP contribution in [0.3, 0.4) is 0 Å². The van der Waals surface area contributed by atoms with E-state index in [2.05, 4.69) is 30.4 Å². The maximum Gasteiger partial charge on any atom is 0.118 e. The van der Waals surface area contributed by atoms with Gasteiger partial charge in [0.25, 0.3) is 0 Å². The monoisotopic (exact) mass is 216 g/mol. The summed E-state index contributed by atoms with van der Waals surface area (Å²) in [5.41, 5.74) is 2.46. The van der Waals surface area contributed by atoms with Crippen molar-refractivity contribution in [3.05, 3.63) is 48.1 Å². The molecule has 2 rings (SSSR count).